The molecule has 22 heavy (non-hydrogen) atoms. The molecule has 0 amide bonds. The maximum absolute atomic E-state index is 14.2. The molecule has 1 N–H and O–H groups in total. The van der Waals surface area contributed by atoms with Crippen LogP contribution in [0.3, 0.4) is 0 Å². The fourth-order valence-corrected chi connectivity index (χ4v) is 2.38. The van der Waals surface area contributed by atoms with Crippen molar-refractivity contribution in [3.05, 3.63) is 47.3 Å². The van der Waals surface area contributed by atoms with Gasteiger partial charge in [0.2, 0.25) is 5.82 Å². The number of hydrogen-bond donors (Lipinski definition) is 1. The van der Waals surface area contributed by atoms with Crippen molar-refractivity contribution in [2.24, 2.45) is 0 Å². The SMILES string of the molecule is Cc1ccc(-c2ccc(OC3CCC3)c(F)c2O)c(F)c1F. The normalized spacial score (nSPS) is 14.7. The van der Waals surface area contributed by atoms with Gasteiger partial charge in [-0.25, -0.2) is 8.78 Å². The van der Waals surface area contributed by atoms with Gasteiger partial charge in [0.1, 0.15) is 0 Å². The highest BCUT2D eigenvalue weighted by Crippen LogP contribution is 2.39. The number of ether oxygens (including phenoxy) is 1. The first-order chi connectivity index (χ1) is 10.5. The van der Waals surface area contributed by atoms with Crippen molar-refractivity contribution in [1.29, 1.82) is 0 Å². The quantitative estimate of drug-likeness (QED) is 0.889. The summed E-state index contributed by atoms with van der Waals surface area (Å²) in [4.78, 5) is 0. The minimum atomic E-state index is -1.11. The van der Waals surface area contributed by atoms with Crippen molar-refractivity contribution in [3.8, 4) is 22.6 Å². The molecule has 2 nitrogen and oxygen atoms in total. The number of phenols is 1. The van der Waals surface area contributed by atoms with Crippen LogP contribution in [-0.4, -0.2) is 11.2 Å². The van der Waals surface area contributed by atoms with E-state index in [9.17, 15) is 18.3 Å². The zero-order valence-electron chi connectivity index (χ0n) is 12.0. The van der Waals surface area contributed by atoms with Crippen molar-refractivity contribution in [1.82, 2.24) is 0 Å². The Morgan fingerprint density at radius 2 is 1.64 bits per heavy atom. The van der Waals surface area contributed by atoms with Gasteiger partial charge in [-0.3, -0.25) is 0 Å². The standard InChI is InChI=1S/C17H15F3O2/c1-9-5-6-11(15(19)14(9)18)12-7-8-13(16(20)17(12)21)22-10-3-2-4-10/h5-8,10,21H,2-4H2,1H3. The lowest BCUT2D eigenvalue weighted by molar-refractivity contribution is 0.114. The number of hydrogen-bond acceptors (Lipinski definition) is 2. The van der Waals surface area contributed by atoms with Gasteiger partial charge in [-0.2, -0.15) is 4.39 Å². The Balaban J connectivity index is 2.01. The van der Waals surface area contributed by atoms with Crippen LogP contribution in [0.5, 0.6) is 11.5 Å². The molecule has 0 saturated heterocycles. The Labute approximate surface area is 126 Å². The van der Waals surface area contributed by atoms with Gasteiger partial charge in [0.15, 0.2) is 23.1 Å². The second-order valence-corrected chi connectivity index (χ2v) is 5.50. The van der Waals surface area contributed by atoms with Crippen molar-refractivity contribution < 1.29 is 23.0 Å². The lowest BCUT2D eigenvalue weighted by atomic mass is 9.96. The molecular formula is C17H15F3O2. The molecule has 3 rings (SSSR count). The van der Waals surface area contributed by atoms with Crippen LogP contribution in [0.4, 0.5) is 13.2 Å². The van der Waals surface area contributed by atoms with Gasteiger partial charge >= 0.3 is 0 Å². The zero-order valence-corrected chi connectivity index (χ0v) is 12.0. The topological polar surface area (TPSA) is 29.5 Å². The highest BCUT2D eigenvalue weighted by Gasteiger charge is 2.24. The maximum Gasteiger partial charge on any atom is 0.207 e. The van der Waals surface area contributed by atoms with Crippen LogP contribution in [0, 0.1) is 24.4 Å². The molecule has 1 aliphatic carbocycles. The highest BCUT2D eigenvalue weighted by molar-refractivity contribution is 5.72. The zero-order chi connectivity index (χ0) is 15.9. The molecule has 2 aromatic carbocycles. The summed E-state index contributed by atoms with van der Waals surface area (Å²) in [7, 11) is 0. The van der Waals surface area contributed by atoms with E-state index in [0.29, 0.717) is 0 Å². The molecule has 2 aromatic rings. The van der Waals surface area contributed by atoms with E-state index in [-0.39, 0.29) is 28.5 Å². The highest BCUT2D eigenvalue weighted by atomic mass is 19.2. The Hall–Kier alpha value is -2.17. The average Bonchev–Trinajstić information content (AvgIpc) is 2.46. The van der Waals surface area contributed by atoms with Crippen LogP contribution in [-0.2, 0) is 0 Å². The number of benzene rings is 2. The predicted octanol–water partition coefficient (Wildman–Crippen LogP) is 4.72. The second-order valence-electron chi connectivity index (χ2n) is 5.50. The number of aryl methyl sites for hydroxylation is 1. The van der Waals surface area contributed by atoms with Gasteiger partial charge in [0.25, 0.3) is 0 Å². The number of aromatic hydroxyl groups is 1. The first kappa shape index (κ1) is 14.8. The summed E-state index contributed by atoms with van der Waals surface area (Å²) in [6, 6.07) is 5.36. The Morgan fingerprint density at radius 1 is 0.955 bits per heavy atom. The third kappa shape index (κ3) is 2.40. The van der Waals surface area contributed by atoms with Gasteiger partial charge in [-0.15, -0.1) is 0 Å². The summed E-state index contributed by atoms with van der Waals surface area (Å²) >= 11 is 0. The van der Waals surface area contributed by atoms with Crippen molar-refractivity contribution in [2.75, 3.05) is 0 Å². The molecule has 5 heteroatoms. The molecule has 0 spiro atoms. The third-order valence-electron chi connectivity index (χ3n) is 3.99. The van der Waals surface area contributed by atoms with Crippen LogP contribution in [0.2, 0.25) is 0 Å². The minimum absolute atomic E-state index is 0.0479. The van der Waals surface area contributed by atoms with Crippen LogP contribution >= 0.6 is 0 Å². The molecule has 0 bridgehead atoms. The first-order valence-corrected chi connectivity index (χ1v) is 7.12. The van der Waals surface area contributed by atoms with Crippen molar-refractivity contribution >= 4 is 0 Å². The van der Waals surface area contributed by atoms with Gasteiger partial charge in [-0.05, 0) is 43.9 Å². The molecule has 1 aliphatic rings. The van der Waals surface area contributed by atoms with E-state index in [0.717, 1.165) is 19.3 Å². The smallest absolute Gasteiger partial charge is 0.207 e. The molecule has 1 fully saturated rings. The molecule has 1 saturated carbocycles. The van der Waals surface area contributed by atoms with Crippen molar-refractivity contribution in [2.45, 2.75) is 32.3 Å². The predicted molar refractivity (Wildman–Crippen MR) is 76.4 cm³/mol. The third-order valence-corrected chi connectivity index (χ3v) is 3.99. The molecule has 0 aromatic heterocycles. The van der Waals surface area contributed by atoms with E-state index in [1.54, 1.807) is 0 Å². The fraction of sp³-hybridized carbons (Fsp3) is 0.294. The monoisotopic (exact) mass is 308 g/mol. The summed E-state index contributed by atoms with van der Waals surface area (Å²) in [5.74, 6) is -3.88. The molecule has 0 heterocycles. The number of rotatable bonds is 3. The summed E-state index contributed by atoms with van der Waals surface area (Å²) in [5.41, 5.74) is -0.143. The van der Waals surface area contributed by atoms with Crippen LogP contribution in [0.15, 0.2) is 24.3 Å². The minimum Gasteiger partial charge on any atom is -0.504 e. The maximum atomic E-state index is 14.2. The van der Waals surface area contributed by atoms with Crippen LogP contribution in [0.1, 0.15) is 24.8 Å². The largest absolute Gasteiger partial charge is 0.504 e. The van der Waals surface area contributed by atoms with E-state index in [4.69, 9.17) is 4.74 Å². The Kier molecular flexibility index (Phi) is 3.72. The molecule has 116 valence electrons. The van der Waals surface area contributed by atoms with Gasteiger partial charge < -0.3 is 9.84 Å². The lowest BCUT2D eigenvalue weighted by Crippen LogP contribution is -2.24. The summed E-state index contributed by atoms with van der Waals surface area (Å²) in [6.07, 6.45) is 2.68. The van der Waals surface area contributed by atoms with Gasteiger partial charge in [0.05, 0.1) is 6.10 Å². The fourth-order valence-electron chi connectivity index (χ4n) is 2.38. The lowest BCUT2D eigenvalue weighted by Gasteiger charge is -2.26. The Bertz CT molecular complexity index is 724. The molecule has 0 atom stereocenters. The summed E-state index contributed by atoms with van der Waals surface area (Å²) in [6.45, 7) is 1.43. The van der Waals surface area contributed by atoms with Gasteiger partial charge in [0, 0.05) is 11.1 Å². The van der Waals surface area contributed by atoms with E-state index in [1.807, 2.05) is 0 Å². The van der Waals surface area contributed by atoms with E-state index < -0.39 is 23.2 Å². The van der Waals surface area contributed by atoms with Gasteiger partial charge in [-0.1, -0.05) is 12.1 Å². The summed E-state index contributed by atoms with van der Waals surface area (Å²) < 4.78 is 47.2. The second kappa shape index (κ2) is 5.55. The van der Waals surface area contributed by atoms with E-state index >= 15 is 0 Å². The number of halogens is 3. The molecular weight excluding hydrogens is 293 g/mol. The van der Waals surface area contributed by atoms with Crippen LogP contribution in [0.25, 0.3) is 11.1 Å². The average molecular weight is 308 g/mol. The van der Waals surface area contributed by atoms with Crippen LogP contribution < -0.4 is 4.74 Å². The Morgan fingerprint density at radius 3 is 2.27 bits per heavy atom. The first-order valence-electron chi connectivity index (χ1n) is 7.12. The van der Waals surface area contributed by atoms with Crippen molar-refractivity contribution in [3.63, 3.8) is 0 Å². The molecule has 0 aliphatic heterocycles. The molecule has 0 unspecified atom stereocenters. The molecule has 0 radical (unpaired) electrons. The van der Waals surface area contributed by atoms with E-state index in [2.05, 4.69) is 0 Å². The van der Waals surface area contributed by atoms with E-state index in [1.165, 1.54) is 31.2 Å². The number of phenolic OH excluding ortho intramolecular Hbond substituents is 1. The summed E-state index contributed by atoms with van der Waals surface area (Å²) in [5, 5.41) is 9.98.